The average molecular weight is 198 g/mol. The average Bonchev–Trinajstić information content (AvgIpc) is 2.25. The van der Waals surface area contributed by atoms with Gasteiger partial charge in [-0.3, -0.25) is 9.69 Å². The first-order valence-electron chi connectivity index (χ1n) is 5.33. The van der Waals surface area contributed by atoms with Gasteiger partial charge >= 0.3 is 0 Å². The van der Waals surface area contributed by atoms with Gasteiger partial charge in [0.1, 0.15) is 0 Å². The van der Waals surface area contributed by atoms with E-state index in [4.69, 9.17) is 0 Å². The summed E-state index contributed by atoms with van der Waals surface area (Å²) in [5.41, 5.74) is -0.577. The number of hydrogen-bond acceptors (Lipinski definition) is 3. The van der Waals surface area contributed by atoms with Gasteiger partial charge in [0.2, 0.25) is 5.91 Å². The van der Waals surface area contributed by atoms with Crippen molar-refractivity contribution >= 4 is 5.91 Å². The van der Waals surface area contributed by atoms with Gasteiger partial charge in [0, 0.05) is 19.6 Å². The maximum atomic E-state index is 11.6. The first-order valence-corrected chi connectivity index (χ1v) is 5.33. The SMILES string of the molecule is CC1(O)CN(C2CCCCNC2=O)C1. The lowest BCUT2D eigenvalue weighted by Crippen LogP contribution is -2.65. The van der Waals surface area contributed by atoms with Crippen LogP contribution in [0.1, 0.15) is 26.2 Å². The van der Waals surface area contributed by atoms with Gasteiger partial charge in [-0.05, 0) is 26.2 Å². The summed E-state index contributed by atoms with van der Waals surface area (Å²) >= 11 is 0. The highest BCUT2D eigenvalue weighted by Gasteiger charge is 2.42. The molecule has 0 saturated carbocycles. The van der Waals surface area contributed by atoms with Crippen molar-refractivity contribution in [2.45, 2.75) is 37.8 Å². The van der Waals surface area contributed by atoms with Crippen LogP contribution < -0.4 is 5.32 Å². The summed E-state index contributed by atoms with van der Waals surface area (Å²) in [7, 11) is 0. The van der Waals surface area contributed by atoms with E-state index < -0.39 is 5.60 Å². The molecule has 0 spiro atoms. The minimum Gasteiger partial charge on any atom is -0.388 e. The fraction of sp³-hybridized carbons (Fsp3) is 0.900. The number of carbonyl (C=O) groups excluding carboxylic acids is 1. The molecule has 2 aliphatic heterocycles. The molecule has 2 heterocycles. The van der Waals surface area contributed by atoms with E-state index in [1.165, 1.54) is 0 Å². The van der Waals surface area contributed by atoms with Crippen molar-refractivity contribution in [3.63, 3.8) is 0 Å². The van der Waals surface area contributed by atoms with Crippen molar-refractivity contribution in [1.82, 2.24) is 10.2 Å². The monoisotopic (exact) mass is 198 g/mol. The summed E-state index contributed by atoms with van der Waals surface area (Å²) in [5.74, 6) is 0.137. The van der Waals surface area contributed by atoms with Gasteiger partial charge < -0.3 is 10.4 Å². The third-order valence-electron chi connectivity index (χ3n) is 3.03. The molecule has 1 amide bonds. The van der Waals surface area contributed by atoms with E-state index in [-0.39, 0.29) is 11.9 Å². The van der Waals surface area contributed by atoms with Crippen LogP contribution in [0.3, 0.4) is 0 Å². The molecule has 4 heteroatoms. The Hall–Kier alpha value is -0.610. The molecule has 0 aromatic heterocycles. The molecule has 0 bridgehead atoms. The summed E-state index contributed by atoms with van der Waals surface area (Å²) in [6.45, 7) is 3.88. The lowest BCUT2D eigenvalue weighted by atomic mass is 9.93. The number of hydrogen-bond donors (Lipinski definition) is 2. The molecule has 80 valence electrons. The van der Waals surface area contributed by atoms with Crippen LogP contribution in [0.25, 0.3) is 0 Å². The lowest BCUT2D eigenvalue weighted by molar-refractivity contribution is -0.140. The van der Waals surface area contributed by atoms with E-state index in [2.05, 4.69) is 10.2 Å². The Labute approximate surface area is 84.3 Å². The quantitative estimate of drug-likeness (QED) is 0.609. The predicted molar refractivity (Wildman–Crippen MR) is 52.8 cm³/mol. The summed E-state index contributed by atoms with van der Waals surface area (Å²) in [6.07, 6.45) is 3.11. The number of β-amino-alcohol motifs (C(OH)–C–C–N with tert-alkyl or cyclic N) is 1. The highest BCUT2D eigenvalue weighted by atomic mass is 16.3. The second-order valence-electron chi connectivity index (χ2n) is 4.70. The van der Waals surface area contributed by atoms with Crippen molar-refractivity contribution in [3.8, 4) is 0 Å². The van der Waals surface area contributed by atoms with Crippen molar-refractivity contribution < 1.29 is 9.90 Å². The predicted octanol–water partition coefficient (Wildman–Crippen LogP) is -0.278. The second-order valence-corrected chi connectivity index (χ2v) is 4.70. The molecule has 2 rings (SSSR count). The van der Waals surface area contributed by atoms with Gasteiger partial charge in [-0.2, -0.15) is 0 Å². The van der Waals surface area contributed by atoms with Crippen molar-refractivity contribution in [3.05, 3.63) is 0 Å². The zero-order valence-corrected chi connectivity index (χ0v) is 8.62. The summed E-state index contributed by atoms with van der Waals surface area (Å²) in [5, 5.41) is 12.5. The number of carbonyl (C=O) groups is 1. The van der Waals surface area contributed by atoms with E-state index in [0.717, 1.165) is 25.8 Å². The molecule has 2 N–H and O–H groups in total. The largest absolute Gasteiger partial charge is 0.388 e. The highest BCUT2D eigenvalue weighted by molar-refractivity contribution is 5.82. The molecule has 14 heavy (non-hydrogen) atoms. The van der Waals surface area contributed by atoms with Crippen LogP contribution in [-0.4, -0.2) is 47.2 Å². The Kier molecular flexibility index (Phi) is 2.49. The molecule has 0 aliphatic carbocycles. The van der Waals surface area contributed by atoms with Gasteiger partial charge in [-0.15, -0.1) is 0 Å². The van der Waals surface area contributed by atoms with Crippen LogP contribution in [0.4, 0.5) is 0 Å². The normalized spacial score (nSPS) is 33.0. The zero-order valence-electron chi connectivity index (χ0n) is 8.62. The molecular formula is C10H18N2O2. The van der Waals surface area contributed by atoms with E-state index in [0.29, 0.717) is 13.1 Å². The molecule has 2 saturated heterocycles. The van der Waals surface area contributed by atoms with Crippen molar-refractivity contribution in [2.75, 3.05) is 19.6 Å². The van der Waals surface area contributed by atoms with Crippen LogP contribution in [0.2, 0.25) is 0 Å². The molecular weight excluding hydrogens is 180 g/mol. The van der Waals surface area contributed by atoms with Crippen LogP contribution in [0.5, 0.6) is 0 Å². The standard InChI is InChI=1S/C10H18N2O2/c1-10(14)6-12(7-10)8-4-2-3-5-11-9(8)13/h8,14H,2-7H2,1H3,(H,11,13). The zero-order chi connectivity index (χ0) is 10.2. The molecule has 0 aromatic carbocycles. The van der Waals surface area contributed by atoms with Crippen LogP contribution in [-0.2, 0) is 4.79 Å². The summed E-state index contributed by atoms with van der Waals surface area (Å²) in [4.78, 5) is 13.7. The van der Waals surface area contributed by atoms with Crippen LogP contribution in [0.15, 0.2) is 0 Å². The Morgan fingerprint density at radius 1 is 1.50 bits per heavy atom. The fourth-order valence-corrected chi connectivity index (χ4v) is 2.32. The van der Waals surface area contributed by atoms with E-state index in [1.54, 1.807) is 0 Å². The number of nitrogens with one attached hydrogen (secondary N) is 1. The number of nitrogens with zero attached hydrogens (tertiary/aromatic N) is 1. The second kappa shape index (κ2) is 3.51. The summed E-state index contributed by atoms with van der Waals surface area (Å²) in [6, 6.07) is -0.00211. The van der Waals surface area contributed by atoms with Gasteiger partial charge in [0.25, 0.3) is 0 Å². The first-order chi connectivity index (χ1) is 6.58. The topological polar surface area (TPSA) is 52.6 Å². The van der Waals surface area contributed by atoms with E-state index in [1.807, 2.05) is 6.92 Å². The van der Waals surface area contributed by atoms with Gasteiger partial charge in [0.15, 0.2) is 0 Å². The van der Waals surface area contributed by atoms with Crippen LogP contribution in [0, 0.1) is 0 Å². The molecule has 0 radical (unpaired) electrons. The van der Waals surface area contributed by atoms with Crippen molar-refractivity contribution in [2.24, 2.45) is 0 Å². The maximum Gasteiger partial charge on any atom is 0.237 e. The first kappa shape index (κ1) is 9.93. The Bertz CT molecular complexity index is 232. The fourth-order valence-electron chi connectivity index (χ4n) is 2.32. The smallest absolute Gasteiger partial charge is 0.237 e. The molecule has 2 aliphatic rings. The Morgan fingerprint density at radius 3 is 2.86 bits per heavy atom. The molecule has 2 fully saturated rings. The van der Waals surface area contributed by atoms with Crippen molar-refractivity contribution in [1.29, 1.82) is 0 Å². The maximum absolute atomic E-state index is 11.6. The van der Waals surface area contributed by atoms with Gasteiger partial charge in [0.05, 0.1) is 11.6 Å². The Morgan fingerprint density at radius 2 is 2.21 bits per heavy atom. The minimum absolute atomic E-state index is 0.00211. The van der Waals surface area contributed by atoms with E-state index >= 15 is 0 Å². The number of likely N-dealkylation sites (tertiary alicyclic amines) is 1. The number of rotatable bonds is 1. The lowest BCUT2D eigenvalue weighted by Gasteiger charge is -2.47. The number of aliphatic hydroxyl groups is 1. The highest BCUT2D eigenvalue weighted by Crippen LogP contribution is 2.25. The number of amides is 1. The molecule has 4 nitrogen and oxygen atoms in total. The van der Waals surface area contributed by atoms with E-state index in [9.17, 15) is 9.90 Å². The minimum atomic E-state index is -0.577. The Balaban J connectivity index is 1.93. The van der Waals surface area contributed by atoms with Gasteiger partial charge in [-0.1, -0.05) is 0 Å². The summed E-state index contributed by atoms with van der Waals surface area (Å²) < 4.78 is 0. The molecule has 1 atom stereocenters. The van der Waals surface area contributed by atoms with Gasteiger partial charge in [-0.25, -0.2) is 0 Å². The molecule has 1 unspecified atom stereocenters. The van der Waals surface area contributed by atoms with Crippen LogP contribution >= 0.6 is 0 Å². The third kappa shape index (κ3) is 1.91. The molecule has 0 aromatic rings. The third-order valence-corrected chi connectivity index (χ3v) is 3.03.